The summed E-state index contributed by atoms with van der Waals surface area (Å²) in [6.07, 6.45) is 2.62. The van der Waals surface area contributed by atoms with Crippen molar-refractivity contribution in [3.63, 3.8) is 0 Å². The highest BCUT2D eigenvalue weighted by molar-refractivity contribution is 5.73. The van der Waals surface area contributed by atoms with Crippen LogP contribution < -0.4 is 5.32 Å². The lowest BCUT2D eigenvalue weighted by molar-refractivity contribution is -0.119. The Labute approximate surface area is 95.5 Å². The number of amides is 1. The highest BCUT2D eigenvalue weighted by atomic mass is 16.3. The number of carbonyl (C=O) groups excluding carboxylic acids is 1. The van der Waals surface area contributed by atoms with Gasteiger partial charge in [0, 0.05) is 13.0 Å². The van der Waals surface area contributed by atoms with Crippen molar-refractivity contribution >= 4 is 5.91 Å². The van der Waals surface area contributed by atoms with E-state index in [1.165, 1.54) is 18.1 Å². The predicted molar refractivity (Wildman–Crippen MR) is 62.5 cm³/mol. The first kappa shape index (κ1) is 11.0. The van der Waals surface area contributed by atoms with E-state index in [4.69, 9.17) is 0 Å². The van der Waals surface area contributed by atoms with Crippen molar-refractivity contribution in [3.8, 4) is 5.75 Å². The first-order valence-corrected chi connectivity index (χ1v) is 5.65. The summed E-state index contributed by atoms with van der Waals surface area (Å²) >= 11 is 0. The number of benzene rings is 1. The highest BCUT2D eigenvalue weighted by Crippen LogP contribution is 2.31. The number of rotatable bonds is 1. The molecule has 1 aromatic rings. The third kappa shape index (κ3) is 2.03. The van der Waals surface area contributed by atoms with E-state index in [1.807, 2.05) is 6.07 Å². The number of aryl methyl sites for hydroxylation is 1. The Morgan fingerprint density at radius 3 is 2.88 bits per heavy atom. The zero-order valence-electron chi connectivity index (χ0n) is 9.71. The molecule has 1 atom stereocenters. The molecule has 0 spiro atoms. The van der Waals surface area contributed by atoms with Crippen molar-refractivity contribution in [3.05, 3.63) is 28.8 Å². The smallest absolute Gasteiger partial charge is 0.217 e. The number of carbonyl (C=O) groups is 1. The van der Waals surface area contributed by atoms with Crippen molar-refractivity contribution in [1.82, 2.24) is 5.32 Å². The number of hydrogen-bond acceptors (Lipinski definition) is 2. The van der Waals surface area contributed by atoms with E-state index < -0.39 is 0 Å². The summed E-state index contributed by atoms with van der Waals surface area (Å²) < 4.78 is 0. The molecule has 2 rings (SSSR count). The maximum Gasteiger partial charge on any atom is 0.217 e. The molecule has 0 saturated heterocycles. The monoisotopic (exact) mass is 219 g/mol. The number of fused-ring (bicyclic) bond motifs is 1. The Bertz CT molecular complexity index is 426. The summed E-state index contributed by atoms with van der Waals surface area (Å²) in [6.45, 7) is 3.60. The fraction of sp³-hybridized carbons (Fsp3) is 0.462. The minimum Gasteiger partial charge on any atom is -0.508 e. The molecule has 0 heterocycles. The zero-order valence-corrected chi connectivity index (χ0v) is 9.71. The van der Waals surface area contributed by atoms with Crippen LogP contribution in [0.1, 0.15) is 30.0 Å². The van der Waals surface area contributed by atoms with Crippen LogP contribution in [0.15, 0.2) is 12.1 Å². The number of phenolic OH excluding ortho intramolecular Hbond substituents is 1. The predicted octanol–water partition coefficient (Wildman–Crippen LogP) is 1.69. The quantitative estimate of drug-likeness (QED) is 0.755. The zero-order chi connectivity index (χ0) is 11.7. The van der Waals surface area contributed by atoms with E-state index in [9.17, 15) is 9.90 Å². The molecule has 3 heteroatoms. The van der Waals surface area contributed by atoms with E-state index in [1.54, 1.807) is 6.07 Å². The van der Waals surface area contributed by atoms with Gasteiger partial charge in [-0.1, -0.05) is 6.07 Å². The van der Waals surface area contributed by atoms with E-state index in [0.29, 0.717) is 5.75 Å². The molecule has 2 N–H and O–H groups in total. The van der Waals surface area contributed by atoms with Gasteiger partial charge in [0.15, 0.2) is 0 Å². The van der Waals surface area contributed by atoms with Crippen LogP contribution in [-0.2, 0) is 17.6 Å². The average Bonchev–Trinajstić information content (AvgIpc) is 2.23. The van der Waals surface area contributed by atoms with E-state index >= 15 is 0 Å². The van der Waals surface area contributed by atoms with Gasteiger partial charge in [-0.25, -0.2) is 0 Å². The molecule has 1 aromatic carbocycles. The van der Waals surface area contributed by atoms with Crippen molar-refractivity contribution < 1.29 is 9.90 Å². The van der Waals surface area contributed by atoms with Crippen LogP contribution in [0.4, 0.5) is 0 Å². The summed E-state index contributed by atoms with van der Waals surface area (Å²) in [5.41, 5.74) is 3.49. The molecule has 3 nitrogen and oxygen atoms in total. The Balaban J connectivity index is 2.26. The molecule has 1 unspecified atom stereocenters. The molecule has 0 saturated carbocycles. The van der Waals surface area contributed by atoms with Gasteiger partial charge in [-0.05, 0) is 48.9 Å². The highest BCUT2D eigenvalue weighted by Gasteiger charge is 2.22. The fourth-order valence-electron chi connectivity index (χ4n) is 2.45. The molecule has 1 aliphatic rings. The van der Waals surface area contributed by atoms with Gasteiger partial charge in [-0.3, -0.25) is 4.79 Å². The Hall–Kier alpha value is -1.51. The number of aromatic hydroxyl groups is 1. The van der Waals surface area contributed by atoms with Gasteiger partial charge in [0.25, 0.3) is 0 Å². The van der Waals surface area contributed by atoms with Crippen LogP contribution in [0.5, 0.6) is 5.75 Å². The largest absolute Gasteiger partial charge is 0.508 e. The van der Waals surface area contributed by atoms with Gasteiger partial charge in [-0.2, -0.15) is 0 Å². The lowest BCUT2D eigenvalue weighted by Gasteiger charge is -2.26. The van der Waals surface area contributed by atoms with Crippen LogP contribution in [0, 0.1) is 6.92 Å². The topological polar surface area (TPSA) is 49.3 Å². The summed E-state index contributed by atoms with van der Waals surface area (Å²) in [5.74, 6) is 0.358. The number of hydrogen-bond donors (Lipinski definition) is 2. The minimum atomic E-state index is 0.000549. The molecule has 1 aliphatic carbocycles. The van der Waals surface area contributed by atoms with E-state index in [-0.39, 0.29) is 11.9 Å². The van der Waals surface area contributed by atoms with Gasteiger partial charge in [0.2, 0.25) is 5.91 Å². The van der Waals surface area contributed by atoms with E-state index in [0.717, 1.165) is 24.8 Å². The molecule has 0 aliphatic heterocycles. The minimum absolute atomic E-state index is 0.000549. The van der Waals surface area contributed by atoms with Gasteiger partial charge in [0.05, 0.1) is 0 Å². The van der Waals surface area contributed by atoms with Gasteiger partial charge >= 0.3 is 0 Å². The third-order valence-corrected chi connectivity index (χ3v) is 3.24. The van der Waals surface area contributed by atoms with Crippen molar-refractivity contribution in [2.75, 3.05) is 0 Å². The molecular formula is C13H17NO2. The second kappa shape index (κ2) is 4.16. The molecule has 16 heavy (non-hydrogen) atoms. The molecule has 0 bridgehead atoms. The summed E-state index contributed by atoms with van der Waals surface area (Å²) in [4.78, 5) is 11.0. The Kier molecular flexibility index (Phi) is 2.86. The van der Waals surface area contributed by atoms with Crippen molar-refractivity contribution in [1.29, 1.82) is 0 Å². The lowest BCUT2D eigenvalue weighted by Crippen LogP contribution is -2.37. The molecular weight excluding hydrogens is 202 g/mol. The lowest BCUT2D eigenvalue weighted by atomic mass is 9.85. The summed E-state index contributed by atoms with van der Waals surface area (Å²) in [7, 11) is 0. The molecule has 0 aromatic heterocycles. The van der Waals surface area contributed by atoms with Crippen LogP contribution in [0.2, 0.25) is 0 Å². The maximum atomic E-state index is 11.0. The average molecular weight is 219 g/mol. The normalized spacial score (nSPS) is 19.0. The second-order valence-electron chi connectivity index (χ2n) is 4.50. The van der Waals surface area contributed by atoms with Crippen molar-refractivity contribution in [2.45, 2.75) is 39.2 Å². The first-order chi connectivity index (χ1) is 7.58. The summed E-state index contributed by atoms with van der Waals surface area (Å²) in [6, 6.07) is 3.86. The maximum absolute atomic E-state index is 11.0. The van der Waals surface area contributed by atoms with Gasteiger partial charge < -0.3 is 10.4 Å². The molecule has 1 amide bonds. The van der Waals surface area contributed by atoms with Gasteiger partial charge in [-0.15, -0.1) is 0 Å². The van der Waals surface area contributed by atoms with Crippen molar-refractivity contribution in [2.24, 2.45) is 0 Å². The Morgan fingerprint density at radius 2 is 2.19 bits per heavy atom. The standard InChI is InChI=1S/C13H17NO2/c1-8-3-6-13(16)12-7-10(14-9(2)15)4-5-11(8)12/h3,6,10,16H,4-5,7H2,1-2H3,(H,14,15). The molecule has 0 fully saturated rings. The SMILES string of the molecule is CC(=O)NC1CCc2c(C)ccc(O)c2C1. The molecule has 86 valence electrons. The van der Waals surface area contributed by atoms with Crippen LogP contribution in [0.3, 0.4) is 0 Å². The Morgan fingerprint density at radius 1 is 1.44 bits per heavy atom. The third-order valence-electron chi connectivity index (χ3n) is 3.24. The van der Waals surface area contributed by atoms with E-state index in [2.05, 4.69) is 12.2 Å². The fourth-order valence-corrected chi connectivity index (χ4v) is 2.45. The number of nitrogens with one attached hydrogen (secondary N) is 1. The first-order valence-electron chi connectivity index (χ1n) is 5.65. The van der Waals surface area contributed by atoms with Crippen LogP contribution >= 0.6 is 0 Å². The number of phenols is 1. The summed E-state index contributed by atoms with van der Waals surface area (Å²) in [5, 5.41) is 12.7. The van der Waals surface area contributed by atoms with Crippen LogP contribution in [0.25, 0.3) is 0 Å². The van der Waals surface area contributed by atoms with Crippen LogP contribution in [-0.4, -0.2) is 17.1 Å². The van der Waals surface area contributed by atoms with Gasteiger partial charge in [0.1, 0.15) is 5.75 Å². The second-order valence-corrected chi connectivity index (χ2v) is 4.50. The molecule has 0 radical (unpaired) electrons.